The minimum Gasteiger partial charge on any atom is -0.334 e. The zero-order valence-corrected chi connectivity index (χ0v) is 15.6. The number of benzene rings is 2. The Labute approximate surface area is 159 Å². The van der Waals surface area contributed by atoms with Crippen molar-refractivity contribution >= 4 is 33.7 Å². The number of amides is 3. The first-order chi connectivity index (χ1) is 12.5. The first kappa shape index (κ1) is 17.0. The van der Waals surface area contributed by atoms with Crippen molar-refractivity contribution in [1.29, 1.82) is 0 Å². The molecule has 3 amide bonds. The van der Waals surface area contributed by atoms with Crippen LogP contribution in [0.2, 0.25) is 0 Å². The van der Waals surface area contributed by atoms with Gasteiger partial charge in [0, 0.05) is 17.1 Å². The van der Waals surface area contributed by atoms with E-state index in [1.165, 1.54) is 0 Å². The molecule has 1 aliphatic carbocycles. The summed E-state index contributed by atoms with van der Waals surface area (Å²) in [6, 6.07) is 14.7. The van der Waals surface area contributed by atoms with Crippen molar-refractivity contribution in [3.05, 3.63) is 69.7 Å². The highest BCUT2D eigenvalue weighted by Crippen LogP contribution is 2.30. The average Bonchev–Trinajstić information content (AvgIpc) is 3.44. The molecule has 2 aromatic carbocycles. The lowest BCUT2D eigenvalue weighted by molar-refractivity contribution is -0.132. The number of imide groups is 1. The number of carbonyl (C=O) groups is 3. The van der Waals surface area contributed by atoms with Crippen LogP contribution in [0.5, 0.6) is 0 Å². The average molecular weight is 413 g/mol. The van der Waals surface area contributed by atoms with Crippen molar-refractivity contribution < 1.29 is 14.4 Å². The smallest absolute Gasteiger partial charge is 0.262 e. The zero-order valence-electron chi connectivity index (χ0n) is 14.0. The van der Waals surface area contributed by atoms with E-state index in [0.29, 0.717) is 17.7 Å². The van der Waals surface area contributed by atoms with Crippen molar-refractivity contribution in [3.8, 4) is 0 Å². The van der Waals surface area contributed by atoms with E-state index in [9.17, 15) is 14.4 Å². The number of carbonyl (C=O) groups excluding carboxylic acids is 3. The van der Waals surface area contributed by atoms with E-state index in [0.717, 1.165) is 27.8 Å². The van der Waals surface area contributed by atoms with Crippen molar-refractivity contribution in [2.24, 2.45) is 0 Å². The fraction of sp³-hybridized carbons (Fsp3) is 0.250. The maximum absolute atomic E-state index is 12.9. The molecule has 1 aliphatic heterocycles. The largest absolute Gasteiger partial charge is 0.334 e. The molecule has 0 saturated heterocycles. The predicted molar refractivity (Wildman–Crippen MR) is 99.5 cm³/mol. The summed E-state index contributed by atoms with van der Waals surface area (Å²) in [5, 5.41) is 0. The predicted octanol–water partition coefficient (Wildman–Crippen LogP) is 3.24. The molecule has 6 heteroatoms. The van der Waals surface area contributed by atoms with E-state index in [-0.39, 0.29) is 18.5 Å². The summed E-state index contributed by atoms with van der Waals surface area (Å²) in [5.41, 5.74) is 1.76. The molecule has 26 heavy (non-hydrogen) atoms. The van der Waals surface area contributed by atoms with Crippen LogP contribution in [0.3, 0.4) is 0 Å². The third kappa shape index (κ3) is 3.17. The molecule has 0 atom stereocenters. The molecule has 5 nitrogen and oxygen atoms in total. The zero-order chi connectivity index (χ0) is 18.3. The summed E-state index contributed by atoms with van der Waals surface area (Å²) in [6.07, 6.45) is 1.92. The van der Waals surface area contributed by atoms with Crippen molar-refractivity contribution in [2.75, 3.05) is 6.54 Å². The molecule has 0 radical (unpaired) electrons. The molecule has 1 fully saturated rings. The van der Waals surface area contributed by atoms with E-state index in [1.54, 1.807) is 29.2 Å². The lowest BCUT2D eigenvalue weighted by atomic mass is 10.1. The highest BCUT2D eigenvalue weighted by Gasteiger charge is 2.39. The fourth-order valence-corrected chi connectivity index (χ4v) is 3.69. The van der Waals surface area contributed by atoms with Crippen molar-refractivity contribution in [2.45, 2.75) is 25.4 Å². The minimum absolute atomic E-state index is 0.191. The quantitative estimate of drug-likeness (QED) is 0.708. The van der Waals surface area contributed by atoms with Gasteiger partial charge in [0.05, 0.1) is 11.1 Å². The third-order valence-electron chi connectivity index (χ3n) is 4.72. The van der Waals surface area contributed by atoms with Gasteiger partial charge in [-0.05, 0) is 42.7 Å². The van der Waals surface area contributed by atoms with E-state index >= 15 is 0 Å². The van der Waals surface area contributed by atoms with Gasteiger partial charge in [-0.2, -0.15) is 0 Å². The molecule has 0 aromatic heterocycles. The second-order valence-corrected chi connectivity index (χ2v) is 7.54. The van der Waals surface area contributed by atoms with Gasteiger partial charge >= 0.3 is 0 Å². The van der Waals surface area contributed by atoms with E-state index in [4.69, 9.17) is 0 Å². The summed E-state index contributed by atoms with van der Waals surface area (Å²) >= 11 is 3.44. The van der Waals surface area contributed by atoms with Crippen LogP contribution < -0.4 is 0 Å². The van der Waals surface area contributed by atoms with E-state index in [1.807, 2.05) is 24.3 Å². The minimum atomic E-state index is -0.392. The molecule has 1 saturated carbocycles. The Hall–Kier alpha value is -2.47. The second kappa shape index (κ2) is 6.68. The summed E-state index contributed by atoms with van der Waals surface area (Å²) in [7, 11) is 0. The molecule has 0 unspecified atom stereocenters. The standard InChI is InChI=1S/C20H17BrN2O3/c21-14-5-3-4-13(10-14)11-22(15-8-9-15)18(24)12-23-19(25)16-6-1-2-7-17(16)20(23)26/h1-7,10,15H,8-9,11-12H2. The molecule has 0 spiro atoms. The van der Waals surface area contributed by atoms with Crippen molar-refractivity contribution in [3.63, 3.8) is 0 Å². The van der Waals surface area contributed by atoms with Gasteiger partial charge in [-0.15, -0.1) is 0 Å². The second-order valence-electron chi connectivity index (χ2n) is 6.62. The Morgan fingerprint density at radius 1 is 1.04 bits per heavy atom. The molecular weight excluding hydrogens is 396 g/mol. The lowest BCUT2D eigenvalue weighted by Gasteiger charge is -2.25. The normalized spacial score (nSPS) is 16.0. The van der Waals surface area contributed by atoms with Gasteiger partial charge in [-0.3, -0.25) is 19.3 Å². The number of hydrogen-bond acceptors (Lipinski definition) is 3. The SMILES string of the molecule is O=C1c2ccccc2C(=O)N1CC(=O)N(Cc1cccc(Br)c1)C1CC1. The first-order valence-corrected chi connectivity index (χ1v) is 9.33. The summed E-state index contributed by atoms with van der Waals surface area (Å²) in [4.78, 5) is 40.7. The van der Waals surface area contributed by atoms with E-state index < -0.39 is 11.8 Å². The van der Waals surface area contributed by atoms with E-state index in [2.05, 4.69) is 15.9 Å². The Kier molecular flexibility index (Phi) is 4.36. The monoisotopic (exact) mass is 412 g/mol. The highest BCUT2D eigenvalue weighted by molar-refractivity contribution is 9.10. The molecule has 0 bridgehead atoms. The summed E-state index contributed by atoms with van der Waals surface area (Å²) < 4.78 is 0.957. The van der Waals surface area contributed by atoms with Crippen LogP contribution in [0.15, 0.2) is 53.0 Å². The van der Waals surface area contributed by atoms with Crippen LogP contribution in [-0.2, 0) is 11.3 Å². The summed E-state index contributed by atoms with van der Waals surface area (Å²) in [6.45, 7) is 0.267. The Balaban J connectivity index is 1.51. The van der Waals surface area contributed by atoms with Crippen LogP contribution in [0.25, 0.3) is 0 Å². The van der Waals surface area contributed by atoms with Gasteiger partial charge in [0.15, 0.2) is 0 Å². The number of halogens is 1. The van der Waals surface area contributed by atoms with Gasteiger partial charge < -0.3 is 4.90 Å². The van der Waals surface area contributed by atoms with Crippen LogP contribution in [0.4, 0.5) is 0 Å². The number of hydrogen-bond donors (Lipinski definition) is 0. The molecule has 2 aromatic rings. The van der Waals surface area contributed by atoms with Crippen LogP contribution in [0.1, 0.15) is 39.1 Å². The van der Waals surface area contributed by atoms with Gasteiger partial charge in [0.25, 0.3) is 11.8 Å². The number of nitrogens with zero attached hydrogens (tertiary/aromatic N) is 2. The number of rotatable bonds is 5. The molecular formula is C20H17BrN2O3. The maximum Gasteiger partial charge on any atom is 0.262 e. The Morgan fingerprint density at radius 2 is 1.69 bits per heavy atom. The summed E-state index contributed by atoms with van der Waals surface area (Å²) in [5.74, 6) is -0.976. The molecule has 0 N–H and O–H groups in total. The Morgan fingerprint density at radius 3 is 2.27 bits per heavy atom. The Bertz CT molecular complexity index is 872. The first-order valence-electron chi connectivity index (χ1n) is 8.54. The topological polar surface area (TPSA) is 57.7 Å². The van der Waals surface area contributed by atoms with Crippen LogP contribution >= 0.6 is 15.9 Å². The fourth-order valence-electron chi connectivity index (χ4n) is 3.25. The molecule has 2 aliphatic rings. The molecule has 4 rings (SSSR count). The van der Waals surface area contributed by atoms with Gasteiger partial charge in [-0.1, -0.05) is 40.2 Å². The maximum atomic E-state index is 12.9. The van der Waals surface area contributed by atoms with Crippen molar-refractivity contribution in [1.82, 2.24) is 9.80 Å². The lowest BCUT2D eigenvalue weighted by Crippen LogP contribution is -2.43. The molecule has 132 valence electrons. The molecule has 1 heterocycles. The van der Waals surface area contributed by atoms with Gasteiger partial charge in [0.2, 0.25) is 5.91 Å². The van der Waals surface area contributed by atoms with Gasteiger partial charge in [-0.25, -0.2) is 0 Å². The highest BCUT2D eigenvalue weighted by atomic mass is 79.9. The van der Waals surface area contributed by atoms with Crippen LogP contribution in [0, 0.1) is 0 Å². The third-order valence-corrected chi connectivity index (χ3v) is 5.21. The van der Waals surface area contributed by atoms with Gasteiger partial charge in [0.1, 0.15) is 6.54 Å². The number of fused-ring (bicyclic) bond motifs is 1. The van der Waals surface area contributed by atoms with Crippen LogP contribution in [-0.4, -0.2) is 40.1 Å².